The summed E-state index contributed by atoms with van der Waals surface area (Å²) in [7, 11) is 0. The first-order chi connectivity index (χ1) is 13.3. The predicted molar refractivity (Wildman–Crippen MR) is 110 cm³/mol. The Labute approximate surface area is 158 Å². The molecule has 3 heteroatoms. The van der Waals surface area contributed by atoms with Crippen molar-refractivity contribution in [2.75, 3.05) is 13.2 Å². The highest BCUT2D eigenvalue weighted by atomic mass is 16.5. The maximum Gasteiger partial charge on any atom is 0.138 e. The first-order valence-electron chi connectivity index (χ1n) is 9.22. The highest BCUT2D eigenvalue weighted by Gasteiger charge is 2.15. The minimum absolute atomic E-state index is 0.0632. The molecule has 0 saturated heterocycles. The van der Waals surface area contributed by atoms with Gasteiger partial charge in [0.25, 0.3) is 0 Å². The lowest BCUT2D eigenvalue weighted by Crippen LogP contribution is -2.00. The molecular formula is C24H22O3. The summed E-state index contributed by atoms with van der Waals surface area (Å²) >= 11 is 0. The lowest BCUT2D eigenvalue weighted by molar-refractivity contribution is 0.296. The van der Waals surface area contributed by atoms with Gasteiger partial charge in [-0.1, -0.05) is 72.8 Å². The Morgan fingerprint density at radius 2 is 1.00 bits per heavy atom. The molecule has 4 rings (SSSR count). The van der Waals surface area contributed by atoms with E-state index in [-0.39, 0.29) is 13.2 Å². The lowest BCUT2D eigenvalue weighted by Gasteiger charge is -2.18. The Morgan fingerprint density at radius 1 is 0.556 bits per heavy atom. The molecule has 0 amide bonds. The third-order valence-electron chi connectivity index (χ3n) is 4.89. The second kappa shape index (κ2) is 7.78. The van der Waals surface area contributed by atoms with Gasteiger partial charge in [0.2, 0.25) is 0 Å². The van der Waals surface area contributed by atoms with Gasteiger partial charge < -0.3 is 14.9 Å². The maximum atomic E-state index is 9.50. The van der Waals surface area contributed by atoms with Crippen molar-refractivity contribution in [2.24, 2.45) is 0 Å². The van der Waals surface area contributed by atoms with Crippen LogP contribution in [-0.4, -0.2) is 23.4 Å². The number of rotatable bonds is 6. The molecule has 2 N–H and O–H groups in total. The summed E-state index contributed by atoms with van der Waals surface area (Å²) in [5.41, 5.74) is 1.94. The molecule has 4 aromatic carbocycles. The van der Waals surface area contributed by atoms with Crippen LogP contribution in [0.5, 0.6) is 11.5 Å². The summed E-state index contributed by atoms with van der Waals surface area (Å²) in [4.78, 5) is 0. The Kier molecular flexibility index (Phi) is 5.05. The average molecular weight is 358 g/mol. The normalized spacial score (nSPS) is 11.2. The molecule has 0 fully saturated rings. The van der Waals surface area contributed by atoms with Gasteiger partial charge in [0.1, 0.15) is 11.5 Å². The minimum Gasteiger partial charge on any atom is -0.455 e. The van der Waals surface area contributed by atoms with E-state index in [0.717, 1.165) is 44.2 Å². The van der Waals surface area contributed by atoms with Gasteiger partial charge in [-0.05, 0) is 34.7 Å². The molecular weight excluding hydrogens is 336 g/mol. The van der Waals surface area contributed by atoms with E-state index in [2.05, 4.69) is 24.3 Å². The first kappa shape index (κ1) is 17.5. The Morgan fingerprint density at radius 3 is 1.44 bits per heavy atom. The van der Waals surface area contributed by atoms with Gasteiger partial charge in [-0.3, -0.25) is 0 Å². The molecule has 0 heterocycles. The number of hydrogen-bond donors (Lipinski definition) is 2. The fourth-order valence-corrected chi connectivity index (χ4v) is 3.55. The number of hydrogen-bond acceptors (Lipinski definition) is 3. The number of benzene rings is 4. The van der Waals surface area contributed by atoms with Crippen LogP contribution in [0.3, 0.4) is 0 Å². The van der Waals surface area contributed by atoms with Gasteiger partial charge in [-0.2, -0.15) is 0 Å². The molecule has 0 aromatic heterocycles. The molecule has 0 aliphatic rings. The fraction of sp³-hybridized carbons (Fsp3) is 0.167. The topological polar surface area (TPSA) is 49.7 Å². The first-order valence-corrected chi connectivity index (χ1v) is 9.22. The van der Waals surface area contributed by atoms with E-state index in [1.807, 2.05) is 48.5 Å². The van der Waals surface area contributed by atoms with Crippen LogP contribution in [0.25, 0.3) is 21.5 Å². The molecule has 3 nitrogen and oxygen atoms in total. The van der Waals surface area contributed by atoms with Gasteiger partial charge in [0.15, 0.2) is 0 Å². The van der Waals surface area contributed by atoms with Crippen molar-refractivity contribution >= 4 is 21.5 Å². The van der Waals surface area contributed by atoms with E-state index in [4.69, 9.17) is 4.74 Å². The number of fused-ring (bicyclic) bond motifs is 2. The van der Waals surface area contributed by atoms with Crippen molar-refractivity contribution < 1.29 is 14.9 Å². The van der Waals surface area contributed by atoms with E-state index < -0.39 is 0 Å². The number of aliphatic hydroxyl groups excluding tert-OH is 2. The van der Waals surface area contributed by atoms with Crippen LogP contribution in [0.1, 0.15) is 11.1 Å². The summed E-state index contributed by atoms with van der Waals surface area (Å²) in [5, 5.41) is 23.2. The molecule has 0 unspecified atom stereocenters. The molecule has 0 aliphatic carbocycles. The van der Waals surface area contributed by atoms with E-state index in [0.29, 0.717) is 12.8 Å². The van der Waals surface area contributed by atoms with Crippen molar-refractivity contribution in [3.05, 3.63) is 83.9 Å². The van der Waals surface area contributed by atoms with Gasteiger partial charge in [-0.15, -0.1) is 0 Å². The molecule has 0 radical (unpaired) electrons. The van der Waals surface area contributed by atoms with Crippen LogP contribution in [0.2, 0.25) is 0 Å². The van der Waals surface area contributed by atoms with Gasteiger partial charge in [-0.25, -0.2) is 0 Å². The third kappa shape index (κ3) is 3.39. The largest absolute Gasteiger partial charge is 0.455 e. The highest BCUT2D eigenvalue weighted by Crippen LogP contribution is 2.39. The summed E-state index contributed by atoms with van der Waals surface area (Å²) in [6.07, 6.45) is 1.06. The molecule has 136 valence electrons. The molecule has 0 bridgehead atoms. The molecule has 0 atom stereocenters. The predicted octanol–water partition coefficient (Wildman–Crippen LogP) is 4.85. The van der Waals surface area contributed by atoms with Gasteiger partial charge in [0.05, 0.1) is 0 Å². The molecule has 4 aromatic rings. The summed E-state index contributed by atoms with van der Waals surface area (Å²) in [6, 6.07) is 24.4. The second-order valence-electron chi connectivity index (χ2n) is 6.60. The maximum absolute atomic E-state index is 9.50. The van der Waals surface area contributed by atoms with Crippen LogP contribution in [-0.2, 0) is 12.8 Å². The third-order valence-corrected chi connectivity index (χ3v) is 4.89. The fourth-order valence-electron chi connectivity index (χ4n) is 3.55. The molecule has 27 heavy (non-hydrogen) atoms. The second-order valence-corrected chi connectivity index (χ2v) is 6.60. The smallest absolute Gasteiger partial charge is 0.138 e. The average Bonchev–Trinajstić information content (AvgIpc) is 2.71. The zero-order valence-corrected chi connectivity index (χ0v) is 15.1. The van der Waals surface area contributed by atoms with Gasteiger partial charge in [0, 0.05) is 24.0 Å². The van der Waals surface area contributed by atoms with E-state index in [9.17, 15) is 10.2 Å². The lowest BCUT2D eigenvalue weighted by atomic mass is 10.0. The minimum atomic E-state index is 0.0632. The Hall–Kier alpha value is -2.88. The summed E-state index contributed by atoms with van der Waals surface area (Å²) in [6.45, 7) is 0.126. The van der Waals surface area contributed by atoms with Crippen LogP contribution in [0.15, 0.2) is 72.8 Å². The van der Waals surface area contributed by atoms with Gasteiger partial charge >= 0.3 is 0 Å². The van der Waals surface area contributed by atoms with E-state index >= 15 is 0 Å². The van der Waals surface area contributed by atoms with Crippen LogP contribution in [0, 0.1) is 0 Å². The van der Waals surface area contributed by atoms with E-state index in [1.165, 1.54) is 0 Å². The van der Waals surface area contributed by atoms with Crippen molar-refractivity contribution in [2.45, 2.75) is 12.8 Å². The Bertz CT molecular complexity index is 998. The van der Waals surface area contributed by atoms with Crippen molar-refractivity contribution in [3.8, 4) is 11.5 Å². The van der Waals surface area contributed by atoms with Crippen LogP contribution in [0.4, 0.5) is 0 Å². The summed E-state index contributed by atoms with van der Waals surface area (Å²) in [5.74, 6) is 1.55. The quantitative estimate of drug-likeness (QED) is 0.518. The van der Waals surface area contributed by atoms with Crippen LogP contribution >= 0.6 is 0 Å². The highest BCUT2D eigenvalue weighted by molar-refractivity contribution is 5.93. The number of aliphatic hydroxyl groups is 2. The standard InChI is InChI=1S/C24H22O3/c25-15-13-19-11-9-17-5-1-3-7-21(17)23(19)27-24-20(14-16-26)12-10-18-6-2-4-8-22(18)24/h1-12,25-26H,13-16H2. The number of ether oxygens (including phenoxy) is 1. The molecule has 0 spiro atoms. The molecule has 0 saturated carbocycles. The zero-order valence-electron chi connectivity index (χ0n) is 15.1. The zero-order chi connectivity index (χ0) is 18.6. The SMILES string of the molecule is OCCc1ccc2ccccc2c1Oc1c(CCO)ccc2ccccc12. The van der Waals surface area contributed by atoms with Crippen molar-refractivity contribution in [1.82, 2.24) is 0 Å². The monoisotopic (exact) mass is 358 g/mol. The molecule has 0 aliphatic heterocycles. The van der Waals surface area contributed by atoms with E-state index in [1.54, 1.807) is 0 Å². The summed E-state index contributed by atoms with van der Waals surface area (Å²) < 4.78 is 6.55. The van der Waals surface area contributed by atoms with Crippen LogP contribution < -0.4 is 4.74 Å². The van der Waals surface area contributed by atoms with Crippen molar-refractivity contribution in [3.63, 3.8) is 0 Å². The Balaban J connectivity index is 1.94. The van der Waals surface area contributed by atoms with Crippen molar-refractivity contribution in [1.29, 1.82) is 0 Å².